The number of hydrogen-bond donors (Lipinski definition) is 1. The molecular weight excluding hydrogens is 204 g/mol. The lowest BCUT2D eigenvalue weighted by atomic mass is 10.2. The Kier molecular flexibility index (Phi) is 5.03. The van der Waals surface area contributed by atoms with E-state index in [2.05, 4.69) is 5.32 Å². The van der Waals surface area contributed by atoms with Crippen molar-refractivity contribution >= 4 is 11.6 Å². The summed E-state index contributed by atoms with van der Waals surface area (Å²) in [5.41, 5.74) is 1.24. The number of nitrogens with one attached hydrogen (secondary N) is 1. The second-order valence-electron chi connectivity index (χ2n) is 3.29. The van der Waals surface area contributed by atoms with Crippen LogP contribution < -0.4 is 5.32 Å². The summed E-state index contributed by atoms with van der Waals surface area (Å²) >= 11 is 0. The van der Waals surface area contributed by atoms with Gasteiger partial charge >= 0.3 is 0 Å². The van der Waals surface area contributed by atoms with Crippen LogP contribution >= 0.6 is 0 Å². The molecule has 0 saturated carbocycles. The molecule has 4 nitrogen and oxygen atoms in total. The fourth-order valence-corrected chi connectivity index (χ4v) is 1.13. The molecule has 0 radical (unpaired) electrons. The molecule has 0 heterocycles. The summed E-state index contributed by atoms with van der Waals surface area (Å²) < 4.78 is 5.10. The molecule has 0 spiro atoms. The highest BCUT2D eigenvalue weighted by Crippen LogP contribution is 2.08. The van der Waals surface area contributed by atoms with Gasteiger partial charge in [-0.2, -0.15) is 5.26 Å². The van der Waals surface area contributed by atoms with E-state index in [4.69, 9.17) is 10.00 Å². The number of ether oxygens (including phenoxy) is 1. The molecule has 1 rings (SSSR count). The number of carbonyl (C=O) groups excluding carboxylic acids is 1. The zero-order valence-electron chi connectivity index (χ0n) is 9.19. The Morgan fingerprint density at radius 2 is 2.12 bits per heavy atom. The average Bonchev–Trinajstić information content (AvgIpc) is 2.30. The van der Waals surface area contributed by atoms with Crippen molar-refractivity contribution in [1.82, 2.24) is 0 Å². The monoisotopic (exact) mass is 218 g/mol. The highest BCUT2D eigenvalue weighted by molar-refractivity contribution is 5.91. The lowest BCUT2D eigenvalue weighted by molar-refractivity contribution is -0.120. The summed E-state index contributed by atoms with van der Waals surface area (Å²) in [4.78, 5) is 11.3. The Morgan fingerprint density at radius 1 is 1.44 bits per heavy atom. The third kappa shape index (κ3) is 4.11. The minimum Gasteiger partial charge on any atom is -0.372 e. The van der Waals surface area contributed by atoms with E-state index in [1.165, 1.54) is 0 Å². The summed E-state index contributed by atoms with van der Waals surface area (Å²) in [6.07, 6.45) is 0.893. The Hall–Kier alpha value is -1.86. The highest BCUT2D eigenvalue weighted by atomic mass is 16.5. The Morgan fingerprint density at radius 3 is 2.69 bits per heavy atom. The normalized spacial score (nSPS) is 9.50. The van der Waals surface area contributed by atoms with Crippen LogP contribution in [0.15, 0.2) is 24.3 Å². The minimum absolute atomic E-state index is 0.0633. The molecule has 0 aliphatic rings. The first-order valence-corrected chi connectivity index (χ1v) is 5.14. The van der Waals surface area contributed by atoms with Gasteiger partial charge < -0.3 is 10.1 Å². The largest absolute Gasteiger partial charge is 0.372 e. The molecule has 0 unspecified atom stereocenters. The number of nitriles is 1. The van der Waals surface area contributed by atoms with Gasteiger partial charge in [0.25, 0.3) is 0 Å². The van der Waals surface area contributed by atoms with Crippen molar-refractivity contribution in [2.45, 2.75) is 13.3 Å². The topological polar surface area (TPSA) is 62.1 Å². The fraction of sp³-hybridized carbons (Fsp3) is 0.333. The zero-order valence-corrected chi connectivity index (χ0v) is 9.19. The van der Waals surface area contributed by atoms with Crippen LogP contribution in [0.1, 0.15) is 18.9 Å². The van der Waals surface area contributed by atoms with Crippen LogP contribution in [0.3, 0.4) is 0 Å². The summed E-state index contributed by atoms with van der Waals surface area (Å²) in [5, 5.41) is 11.3. The maximum atomic E-state index is 11.3. The molecule has 4 heteroatoms. The molecule has 1 N–H and O–H groups in total. The van der Waals surface area contributed by atoms with E-state index in [1.54, 1.807) is 24.3 Å². The third-order valence-corrected chi connectivity index (χ3v) is 1.88. The van der Waals surface area contributed by atoms with Crippen molar-refractivity contribution in [2.24, 2.45) is 0 Å². The molecule has 0 aliphatic heterocycles. The first-order valence-electron chi connectivity index (χ1n) is 5.14. The molecule has 0 bridgehead atoms. The predicted molar refractivity (Wildman–Crippen MR) is 60.9 cm³/mol. The minimum atomic E-state index is -0.182. The van der Waals surface area contributed by atoms with E-state index in [9.17, 15) is 4.79 Å². The van der Waals surface area contributed by atoms with Crippen molar-refractivity contribution in [3.8, 4) is 6.07 Å². The smallest absolute Gasteiger partial charge is 0.250 e. The molecular formula is C12H14N2O2. The second-order valence-corrected chi connectivity index (χ2v) is 3.29. The van der Waals surface area contributed by atoms with Crippen LogP contribution in [-0.4, -0.2) is 19.1 Å². The number of carbonyl (C=O) groups is 1. The summed E-state index contributed by atoms with van der Waals surface area (Å²) in [5.74, 6) is -0.182. The molecule has 0 aromatic heterocycles. The van der Waals surface area contributed by atoms with Crippen LogP contribution in [0.5, 0.6) is 0 Å². The number of nitrogens with zero attached hydrogens (tertiary/aromatic N) is 1. The molecule has 1 amide bonds. The van der Waals surface area contributed by atoms with Gasteiger partial charge in [-0.15, -0.1) is 0 Å². The molecule has 0 saturated heterocycles. The van der Waals surface area contributed by atoms with Crippen molar-refractivity contribution < 1.29 is 9.53 Å². The van der Waals surface area contributed by atoms with Gasteiger partial charge in [-0.3, -0.25) is 4.79 Å². The molecule has 0 fully saturated rings. The van der Waals surface area contributed by atoms with E-state index in [0.717, 1.165) is 6.42 Å². The van der Waals surface area contributed by atoms with Crippen LogP contribution in [0.4, 0.5) is 5.69 Å². The van der Waals surface area contributed by atoms with Gasteiger partial charge in [-0.25, -0.2) is 0 Å². The van der Waals surface area contributed by atoms with E-state index < -0.39 is 0 Å². The van der Waals surface area contributed by atoms with E-state index in [-0.39, 0.29) is 12.5 Å². The van der Waals surface area contributed by atoms with Crippen molar-refractivity contribution in [2.75, 3.05) is 18.5 Å². The first kappa shape index (κ1) is 12.2. The van der Waals surface area contributed by atoms with Crippen LogP contribution in [0.2, 0.25) is 0 Å². The maximum Gasteiger partial charge on any atom is 0.250 e. The van der Waals surface area contributed by atoms with E-state index in [0.29, 0.717) is 17.9 Å². The van der Waals surface area contributed by atoms with Crippen molar-refractivity contribution in [3.63, 3.8) is 0 Å². The van der Waals surface area contributed by atoms with Gasteiger partial charge in [0.05, 0.1) is 11.6 Å². The van der Waals surface area contributed by atoms with Crippen LogP contribution in [-0.2, 0) is 9.53 Å². The molecule has 16 heavy (non-hydrogen) atoms. The second kappa shape index (κ2) is 6.59. The summed E-state index contributed by atoms with van der Waals surface area (Å²) in [7, 11) is 0. The van der Waals surface area contributed by atoms with Gasteiger partial charge in [-0.05, 0) is 30.7 Å². The molecule has 0 aliphatic carbocycles. The van der Waals surface area contributed by atoms with Gasteiger partial charge in [0, 0.05) is 12.3 Å². The average molecular weight is 218 g/mol. The molecule has 1 aromatic carbocycles. The Labute approximate surface area is 94.8 Å². The summed E-state index contributed by atoms with van der Waals surface area (Å²) in [6, 6.07) is 8.70. The van der Waals surface area contributed by atoms with Crippen LogP contribution in [0.25, 0.3) is 0 Å². The van der Waals surface area contributed by atoms with Gasteiger partial charge in [0.15, 0.2) is 0 Å². The SMILES string of the molecule is CCCOCC(=O)Nc1ccc(C#N)cc1. The predicted octanol–water partition coefficient (Wildman–Crippen LogP) is 1.92. The first-order chi connectivity index (χ1) is 7.76. The lowest BCUT2D eigenvalue weighted by Crippen LogP contribution is -2.18. The third-order valence-electron chi connectivity index (χ3n) is 1.88. The quantitative estimate of drug-likeness (QED) is 0.768. The van der Waals surface area contributed by atoms with Crippen molar-refractivity contribution in [3.05, 3.63) is 29.8 Å². The molecule has 84 valence electrons. The Bertz CT molecular complexity index is 379. The number of rotatable bonds is 5. The van der Waals surface area contributed by atoms with Gasteiger partial charge in [-0.1, -0.05) is 6.92 Å². The standard InChI is InChI=1S/C12H14N2O2/c1-2-7-16-9-12(15)14-11-5-3-10(8-13)4-6-11/h3-6H,2,7,9H2,1H3,(H,14,15). The fourth-order valence-electron chi connectivity index (χ4n) is 1.13. The van der Waals surface area contributed by atoms with Gasteiger partial charge in [0.1, 0.15) is 6.61 Å². The zero-order chi connectivity index (χ0) is 11.8. The highest BCUT2D eigenvalue weighted by Gasteiger charge is 2.01. The lowest BCUT2D eigenvalue weighted by Gasteiger charge is -2.05. The number of hydrogen-bond acceptors (Lipinski definition) is 3. The molecule has 1 aromatic rings. The Balaban J connectivity index is 2.41. The van der Waals surface area contributed by atoms with Crippen LogP contribution in [0, 0.1) is 11.3 Å². The maximum absolute atomic E-state index is 11.3. The number of anilines is 1. The summed E-state index contributed by atoms with van der Waals surface area (Å²) in [6.45, 7) is 2.63. The van der Waals surface area contributed by atoms with Gasteiger partial charge in [0.2, 0.25) is 5.91 Å². The molecule has 0 atom stereocenters. The number of benzene rings is 1. The van der Waals surface area contributed by atoms with Crippen molar-refractivity contribution in [1.29, 1.82) is 5.26 Å². The van der Waals surface area contributed by atoms with E-state index in [1.807, 2.05) is 13.0 Å². The number of amides is 1. The van der Waals surface area contributed by atoms with E-state index >= 15 is 0 Å².